The van der Waals surface area contributed by atoms with Crippen LogP contribution in [0.5, 0.6) is 0 Å². The Morgan fingerprint density at radius 1 is 1.44 bits per heavy atom. The summed E-state index contributed by atoms with van der Waals surface area (Å²) in [6.45, 7) is 4.38. The van der Waals surface area contributed by atoms with E-state index >= 15 is 0 Å². The smallest absolute Gasteiger partial charge is 0.129 e. The van der Waals surface area contributed by atoms with Crippen LogP contribution in [0.15, 0.2) is 18.2 Å². The average Bonchev–Trinajstić information content (AvgIpc) is 2.80. The largest absolute Gasteiger partial charge is 0.387 e. The van der Waals surface area contributed by atoms with Gasteiger partial charge in [0.25, 0.3) is 0 Å². The molecule has 0 aromatic heterocycles. The maximum Gasteiger partial charge on any atom is 0.129 e. The van der Waals surface area contributed by atoms with Crippen LogP contribution in [0, 0.1) is 17.6 Å². The van der Waals surface area contributed by atoms with Gasteiger partial charge in [-0.15, -0.1) is 0 Å². The van der Waals surface area contributed by atoms with E-state index in [1.807, 2.05) is 0 Å². The molecule has 0 spiro atoms. The molecular weight excluding hydrogens is 236 g/mol. The molecule has 18 heavy (non-hydrogen) atoms. The first-order chi connectivity index (χ1) is 8.60. The molecular formula is C14H19F2NO. The minimum atomic E-state index is -0.962. The van der Waals surface area contributed by atoms with Gasteiger partial charge in [0, 0.05) is 18.7 Å². The molecule has 0 saturated carbocycles. The van der Waals surface area contributed by atoms with Gasteiger partial charge < -0.3 is 10.0 Å². The predicted molar refractivity (Wildman–Crippen MR) is 66.2 cm³/mol. The lowest BCUT2D eigenvalue weighted by Crippen LogP contribution is -2.27. The molecule has 2 rings (SSSR count). The molecule has 1 fully saturated rings. The van der Waals surface area contributed by atoms with Gasteiger partial charge in [-0.05, 0) is 37.1 Å². The molecule has 1 saturated heterocycles. The van der Waals surface area contributed by atoms with Crippen LogP contribution in [0.3, 0.4) is 0 Å². The number of benzene rings is 1. The van der Waals surface area contributed by atoms with Gasteiger partial charge >= 0.3 is 0 Å². The second-order valence-electron chi connectivity index (χ2n) is 5.00. The summed E-state index contributed by atoms with van der Waals surface area (Å²) in [6.07, 6.45) is 1.28. The Balaban J connectivity index is 1.99. The zero-order valence-electron chi connectivity index (χ0n) is 10.6. The van der Waals surface area contributed by atoms with Crippen molar-refractivity contribution in [3.8, 4) is 0 Å². The highest BCUT2D eigenvalue weighted by Gasteiger charge is 2.24. The van der Waals surface area contributed by atoms with E-state index in [0.717, 1.165) is 44.1 Å². The monoisotopic (exact) mass is 255 g/mol. The lowest BCUT2D eigenvalue weighted by atomic mass is 10.1. The summed E-state index contributed by atoms with van der Waals surface area (Å²) in [5.74, 6) is -0.400. The highest BCUT2D eigenvalue weighted by atomic mass is 19.1. The Kier molecular flexibility index (Phi) is 4.30. The summed E-state index contributed by atoms with van der Waals surface area (Å²) in [7, 11) is 0. The first kappa shape index (κ1) is 13.4. The number of hydrogen-bond acceptors (Lipinski definition) is 2. The molecule has 0 aliphatic carbocycles. The van der Waals surface area contributed by atoms with Crippen LogP contribution in [-0.4, -0.2) is 29.6 Å². The number of β-amino-alcohol motifs (C(OH)–C–C–N with tert-alkyl or cyclic N) is 1. The highest BCUT2D eigenvalue weighted by Crippen LogP contribution is 2.24. The highest BCUT2D eigenvalue weighted by molar-refractivity contribution is 5.21. The first-order valence-electron chi connectivity index (χ1n) is 6.45. The summed E-state index contributed by atoms with van der Waals surface area (Å²) >= 11 is 0. The van der Waals surface area contributed by atoms with E-state index in [-0.39, 0.29) is 5.56 Å². The Bertz CT molecular complexity index is 411. The third kappa shape index (κ3) is 3.06. The van der Waals surface area contributed by atoms with Crippen molar-refractivity contribution in [1.82, 2.24) is 4.90 Å². The van der Waals surface area contributed by atoms with Crippen LogP contribution < -0.4 is 0 Å². The topological polar surface area (TPSA) is 23.5 Å². The van der Waals surface area contributed by atoms with Crippen LogP contribution in [0.4, 0.5) is 8.78 Å². The average molecular weight is 255 g/mol. The SMILES string of the molecule is CCC1CCN(CC(O)c2cc(F)ccc2F)C1. The van der Waals surface area contributed by atoms with Crippen molar-refractivity contribution in [3.05, 3.63) is 35.4 Å². The van der Waals surface area contributed by atoms with Crippen LogP contribution in [-0.2, 0) is 0 Å². The fourth-order valence-electron chi connectivity index (χ4n) is 2.52. The van der Waals surface area contributed by atoms with Gasteiger partial charge in [-0.25, -0.2) is 8.78 Å². The van der Waals surface area contributed by atoms with Crippen molar-refractivity contribution in [2.24, 2.45) is 5.92 Å². The minimum Gasteiger partial charge on any atom is -0.387 e. The fraction of sp³-hybridized carbons (Fsp3) is 0.571. The van der Waals surface area contributed by atoms with Gasteiger partial charge in [-0.2, -0.15) is 0 Å². The van der Waals surface area contributed by atoms with E-state index in [9.17, 15) is 13.9 Å². The van der Waals surface area contributed by atoms with Gasteiger partial charge in [0.2, 0.25) is 0 Å². The number of rotatable bonds is 4. The van der Waals surface area contributed by atoms with E-state index in [4.69, 9.17) is 0 Å². The number of nitrogens with zero attached hydrogens (tertiary/aromatic N) is 1. The second kappa shape index (κ2) is 5.76. The molecule has 2 atom stereocenters. The molecule has 0 bridgehead atoms. The zero-order chi connectivity index (χ0) is 13.1. The molecule has 0 amide bonds. The number of hydrogen-bond donors (Lipinski definition) is 1. The molecule has 2 unspecified atom stereocenters. The van der Waals surface area contributed by atoms with Crippen LogP contribution in [0.25, 0.3) is 0 Å². The Labute approximate surface area is 106 Å². The maximum atomic E-state index is 13.5. The van der Waals surface area contributed by atoms with E-state index in [1.54, 1.807) is 0 Å². The summed E-state index contributed by atoms with van der Waals surface area (Å²) in [6, 6.07) is 3.20. The first-order valence-corrected chi connectivity index (χ1v) is 6.45. The van der Waals surface area contributed by atoms with Crippen molar-refractivity contribution in [2.75, 3.05) is 19.6 Å². The number of likely N-dealkylation sites (tertiary alicyclic amines) is 1. The van der Waals surface area contributed by atoms with Crippen molar-refractivity contribution in [2.45, 2.75) is 25.9 Å². The van der Waals surface area contributed by atoms with Gasteiger partial charge in [0.05, 0.1) is 6.10 Å². The summed E-state index contributed by atoms with van der Waals surface area (Å²) in [4.78, 5) is 2.11. The maximum absolute atomic E-state index is 13.5. The Morgan fingerprint density at radius 2 is 2.22 bits per heavy atom. The summed E-state index contributed by atoms with van der Waals surface area (Å²) < 4.78 is 26.5. The third-order valence-corrected chi connectivity index (χ3v) is 3.70. The summed E-state index contributed by atoms with van der Waals surface area (Å²) in [5, 5.41) is 10.00. The number of aliphatic hydroxyl groups excluding tert-OH is 1. The van der Waals surface area contributed by atoms with Crippen LogP contribution in [0.1, 0.15) is 31.4 Å². The molecule has 2 nitrogen and oxygen atoms in total. The molecule has 0 radical (unpaired) electrons. The molecule has 4 heteroatoms. The van der Waals surface area contributed by atoms with Crippen LogP contribution in [0.2, 0.25) is 0 Å². The molecule has 1 aromatic rings. The van der Waals surface area contributed by atoms with Crippen molar-refractivity contribution < 1.29 is 13.9 Å². The fourth-order valence-corrected chi connectivity index (χ4v) is 2.52. The minimum absolute atomic E-state index is 0.0509. The third-order valence-electron chi connectivity index (χ3n) is 3.70. The van der Waals surface area contributed by atoms with Crippen molar-refractivity contribution in [1.29, 1.82) is 0 Å². The molecule has 1 aliphatic heterocycles. The molecule has 100 valence electrons. The van der Waals surface area contributed by atoms with E-state index in [2.05, 4.69) is 11.8 Å². The van der Waals surface area contributed by atoms with Gasteiger partial charge in [0.1, 0.15) is 11.6 Å². The Morgan fingerprint density at radius 3 is 2.89 bits per heavy atom. The lowest BCUT2D eigenvalue weighted by Gasteiger charge is -2.20. The van der Waals surface area contributed by atoms with E-state index in [1.165, 1.54) is 0 Å². The molecule has 1 N–H and O–H groups in total. The number of halogens is 2. The summed E-state index contributed by atoms with van der Waals surface area (Å²) in [5.41, 5.74) is 0.0509. The van der Waals surface area contributed by atoms with E-state index < -0.39 is 17.7 Å². The molecule has 1 aromatic carbocycles. The van der Waals surface area contributed by atoms with E-state index in [0.29, 0.717) is 12.5 Å². The van der Waals surface area contributed by atoms with Gasteiger partial charge in [0.15, 0.2) is 0 Å². The normalized spacial score (nSPS) is 22.3. The van der Waals surface area contributed by atoms with Crippen LogP contribution >= 0.6 is 0 Å². The van der Waals surface area contributed by atoms with Gasteiger partial charge in [-0.1, -0.05) is 13.3 Å². The molecule has 1 aliphatic rings. The zero-order valence-corrected chi connectivity index (χ0v) is 10.6. The second-order valence-corrected chi connectivity index (χ2v) is 5.00. The van der Waals surface area contributed by atoms with Crippen molar-refractivity contribution >= 4 is 0 Å². The van der Waals surface area contributed by atoms with Crippen molar-refractivity contribution in [3.63, 3.8) is 0 Å². The standard InChI is InChI=1S/C14H19F2NO/c1-2-10-5-6-17(8-10)9-14(18)12-7-11(15)3-4-13(12)16/h3-4,7,10,14,18H,2,5-6,8-9H2,1H3. The lowest BCUT2D eigenvalue weighted by molar-refractivity contribution is 0.120. The van der Waals surface area contributed by atoms with Gasteiger partial charge in [-0.3, -0.25) is 0 Å². The number of aliphatic hydroxyl groups is 1. The quantitative estimate of drug-likeness (QED) is 0.894. The predicted octanol–water partition coefficient (Wildman–Crippen LogP) is 2.73. The Hall–Kier alpha value is -1.00. The molecule has 1 heterocycles.